The first kappa shape index (κ1) is 19.2. The summed E-state index contributed by atoms with van der Waals surface area (Å²) in [6.45, 7) is 2.22. The largest absolute Gasteiger partial charge is 0.496 e. The van der Waals surface area contributed by atoms with Crippen LogP contribution in [-0.2, 0) is 0 Å². The van der Waals surface area contributed by atoms with Crippen molar-refractivity contribution in [1.82, 2.24) is 15.1 Å². The molecule has 0 radical (unpaired) electrons. The number of fused-ring (bicyclic) bond motifs is 1. The number of anilines is 1. The number of nitrogens with zero attached hydrogens (tertiary/aromatic N) is 3. The van der Waals surface area contributed by atoms with Crippen LogP contribution in [0.1, 0.15) is 30.1 Å². The summed E-state index contributed by atoms with van der Waals surface area (Å²) in [4.78, 5) is 13.8. The lowest BCUT2D eigenvalue weighted by Crippen LogP contribution is -2.21. The molecule has 1 N–H and O–H groups in total. The molecular weight excluding hydrogens is 364 g/mol. The van der Waals surface area contributed by atoms with Gasteiger partial charge in [0, 0.05) is 36.7 Å². The Balaban J connectivity index is 1.70. The first-order chi connectivity index (χ1) is 14.0. The highest BCUT2D eigenvalue weighted by atomic mass is 16.5. The molecule has 0 bridgehead atoms. The lowest BCUT2D eigenvalue weighted by molar-refractivity contribution is 0.0827. The van der Waals surface area contributed by atoms with Gasteiger partial charge in [-0.3, -0.25) is 4.79 Å². The molecule has 1 aliphatic rings. The predicted molar refractivity (Wildman–Crippen MR) is 115 cm³/mol. The van der Waals surface area contributed by atoms with Crippen LogP contribution in [0.15, 0.2) is 42.6 Å². The number of hydrogen-bond acceptors (Lipinski definition) is 5. The van der Waals surface area contributed by atoms with E-state index in [1.54, 1.807) is 38.4 Å². The van der Waals surface area contributed by atoms with Crippen LogP contribution in [0.25, 0.3) is 22.0 Å². The van der Waals surface area contributed by atoms with Crippen molar-refractivity contribution in [2.75, 3.05) is 26.5 Å². The molecule has 2 aromatic carbocycles. The van der Waals surface area contributed by atoms with Gasteiger partial charge >= 0.3 is 0 Å². The van der Waals surface area contributed by atoms with E-state index in [1.807, 2.05) is 18.2 Å². The first-order valence-electron chi connectivity index (χ1n) is 9.90. The van der Waals surface area contributed by atoms with Gasteiger partial charge in [0.05, 0.1) is 24.5 Å². The number of ether oxygens (including phenoxy) is 1. The second-order valence-electron chi connectivity index (χ2n) is 7.88. The van der Waals surface area contributed by atoms with E-state index in [1.165, 1.54) is 12.8 Å². The molecule has 1 heterocycles. The summed E-state index contributed by atoms with van der Waals surface area (Å²) < 4.78 is 5.57. The third-order valence-electron chi connectivity index (χ3n) is 5.52. The molecular formula is C23H26N4O2. The number of methoxy groups -OCH3 is 1. The molecule has 0 aliphatic heterocycles. The number of hydrogen-bond donors (Lipinski definition) is 1. The Morgan fingerprint density at radius 2 is 2.00 bits per heavy atom. The molecule has 6 heteroatoms. The third-order valence-corrected chi connectivity index (χ3v) is 5.52. The van der Waals surface area contributed by atoms with Crippen molar-refractivity contribution in [2.45, 2.75) is 25.8 Å². The molecule has 1 saturated carbocycles. The SMILES string of the molecule is COc1cc(C(=O)N(C)C)ccc1-c1ccc2c(N[C@H](C)C3CC3)cnnc2c1. The van der Waals surface area contributed by atoms with E-state index < -0.39 is 0 Å². The number of carbonyl (C=O) groups excluding carboxylic acids is 1. The van der Waals surface area contributed by atoms with Crippen molar-refractivity contribution in [3.8, 4) is 16.9 Å². The Labute approximate surface area is 170 Å². The van der Waals surface area contributed by atoms with E-state index >= 15 is 0 Å². The Bertz CT molecular complexity index is 1060. The average Bonchev–Trinajstić information content (AvgIpc) is 3.58. The van der Waals surface area contributed by atoms with Gasteiger partial charge in [0.15, 0.2) is 0 Å². The fourth-order valence-corrected chi connectivity index (χ4v) is 3.62. The van der Waals surface area contributed by atoms with E-state index in [-0.39, 0.29) is 5.91 Å². The minimum Gasteiger partial charge on any atom is -0.496 e. The molecule has 4 rings (SSSR count). The maximum atomic E-state index is 12.3. The number of rotatable bonds is 6. The van der Waals surface area contributed by atoms with Crippen molar-refractivity contribution in [2.24, 2.45) is 5.92 Å². The highest BCUT2D eigenvalue weighted by Crippen LogP contribution is 2.36. The highest BCUT2D eigenvalue weighted by molar-refractivity contribution is 5.96. The molecule has 0 saturated heterocycles. The molecule has 1 aliphatic carbocycles. The summed E-state index contributed by atoms with van der Waals surface area (Å²) in [6, 6.07) is 12.1. The minimum absolute atomic E-state index is 0.0558. The first-order valence-corrected chi connectivity index (χ1v) is 9.90. The fourth-order valence-electron chi connectivity index (χ4n) is 3.62. The molecule has 0 spiro atoms. The second-order valence-corrected chi connectivity index (χ2v) is 7.88. The van der Waals surface area contributed by atoms with Crippen LogP contribution in [0.3, 0.4) is 0 Å². The van der Waals surface area contributed by atoms with E-state index in [0.717, 1.165) is 33.6 Å². The van der Waals surface area contributed by atoms with Crippen molar-refractivity contribution in [3.63, 3.8) is 0 Å². The normalized spacial score (nSPS) is 14.5. The molecule has 29 heavy (non-hydrogen) atoms. The summed E-state index contributed by atoms with van der Waals surface area (Å²) in [5.41, 5.74) is 4.32. The Morgan fingerprint density at radius 3 is 2.69 bits per heavy atom. The van der Waals surface area contributed by atoms with Gasteiger partial charge in [-0.05, 0) is 61.6 Å². The summed E-state index contributed by atoms with van der Waals surface area (Å²) >= 11 is 0. The van der Waals surface area contributed by atoms with Gasteiger partial charge in [-0.15, -0.1) is 0 Å². The van der Waals surface area contributed by atoms with Crippen molar-refractivity contribution >= 4 is 22.5 Å². The molecule has 3 aromatic rings. The lowest BCUT2D eigenvalue weighted by Gasteiger charge is -2.16. The van der Waals surface area contributed by atoms with Gasteiger partial charge in [0.2, 0.25) is 0 Å². The Hall–Kier alpha value is -3.15. The van der Waals surface area contributed by atoms with Gasteiger partial charge in [-0.1, -0.05) is 6.07 Å². The molecule has 1 amide bonds. The van der Waals surface area contributed by atoms with E-state index in [9.17, 15) is 4.79 Å². The maximum absolute atomic E-state index is 12.3. The number of aromatic nitrogens is 2. The highest BCUT2D eigenvalue weighted by Gasteiger charge is 2.28. The van der Waals surface area contributed by atoms with Crippen LogP contribution >= 0.6 is 0 Å². The summed E-state index contributed by atoms with van der Waals surface area (Å²) in [6.07, 6.45) is 4.38. The molecule has 1 aromatic heterocycles. The Morgan fingerprint density at radius 1 is 1.21 bits per heavy atom. The number of nitrogens with one attached hydrogen (secondary N) is 1. The predicted octanol–water partition coefficient (Wildman–Crippen LogP) is 4.22. The van der Waals surface area contributed by atoms with E-state index in [4.69, 9.17) is 4.74 Å². The van der Waals surface area contributed by atoms with Crippen LogP contribution in [0, 0.1) is 5.92 Å². The summed E-state index contributed by atoms with van der Waals surface area (Å²) in [7, 11) is 5.09. The summed E-state index contributed by atoms with van der Waals surface area (Å²) in [5, 5.41) is 13.2. The van der Waals surface area contributed by atoms with Gasteiger partial charge in [0.1, 0.15) is 5.75 Å². The van der Waals surface area contributed by atoms with Crippen molar-refractivity contribution < 1.29 is 9.53 Å². The average molecular weight is 390 g/mol. The molecule has 1 atom stereocenters. The fraction of sp³-hybridized carbons (Fsp3) is 0.348. The van der Waals surface area contributed by atoms with Crippen LogP contribution < -0.4 is 10.1 Å². The maximum Gasteiger partial charge on any atom is 0.253 e. The van der Waals surface area contributed by atoms with Crippen LogP contribution in [0.5, 0.6) is 5.75 Å². The van der Waals surface area contributed by atoms with Crippen LogP contribution in [-0.4, -0.2) is 48.3 Å². The smallest absolute Gasteiger partial charge is 0.253 e. The van der Waals surface area contributed by atoms with E-state index in [2.05, 4.69) is 34.6 Å². The second kappa shape index (κ2) is 7.70. The molecule has 150 valence electrons. The third kappa shape index (κ3) is 3.88. The van der Waals surface area contributed by atoms with Crippen molar-refractivity contribution in [1.29, 1.82) is 0 Å². The van der Waals surface area contributed by atoms with Gasteiger partial charge in [-0.2, -0.15) is 10.2 Å². The molecule has 0 unspecified atom stereocenters. The zero-order valence-corrected chi connectivity index (χ0v) is 17.3. The number of amides is 1. The zero-order chi connectivity index (χ0) is 20.5. The number of carbonyl (C=O) groups is 1. The van der Waals surface area contributed by atoms with Crippen LogP contribution in [0.2, 0.25) is 0 Å². The topological polar surface area (TPSA) is 67.3 Å². The van der Waals surface area contributed by atoms with Gasteiger partial charge < -0.3 is 15.0 Å². The van der Waals surface area contributed by atoms with E-state index in [0.29, 0.717) is 17.4 Å². The van der Waals surface area contributed by atoms with Gasteiger partial charge in [0.25, 0.3) is 5.91 Å². The molecule has 6 nitrogen and oxygen atoms in total. The lowest BCUT2D eigenvalue weighted by atomic mass is 10.0. The zero-order valence-electron chi connectivity index (χ0n) is 17.3. The van der Waals surface area contributed by atoms with Crippen LogP contribution in [0.4, 0.5) is 5.69 Å². The molecule has 1 fully saturated rings. The standard InChI is InChI=1S/C23H26N4O2/c1-14(15-5-6-15)25-21-13-24-26-20-11-16(7-10-19(20)21)18-9-8-17(12-22(18)29-4)23(28)27(2)3/h7-15H,5-6H2,1-4H3,(H,25,26)/t14-/m1/s1. The number of benzene rings is 2. The minimum atomic E-state index is -0.0558. The monoisotopic (exact) mass is 390 g/mol. The summed E-state index contributed by atoms with van der Waals surface area (Å²) in [5.74, 6) is 1.35. The quantitative estimate of drug-likeness (QED) is 0.683. The Kier molecular flexibility index (Phi) is 5.09. The van der Waals surface area contributed by atoms with Crippen molar-refractivity contribution in [3.05, 3.63) is 48.2 Å². The van der Waals surface area contributed by atoms with Gasteiger partial charge in [-0.25, -0.2) is 0 Å².